The van der Waals surface area contributed by atoms with E-state index in [1.54, 1.807) is 0 Å². The van der Waals surface area contributed by atoms with Gasteiger partial charge in [-0.2, -0.15) is 0 Å². The molecule has 0 aliphatic heterocycles. The van der Waals surface area contributed by atoms with E-state index in [0.29, 0.717) is 30.7 Å². The minimum Gasteiger partial charge on any atom is -0.493 e. The minimum absolute atomic E-state index is 0.467. The molecule has 2 aromatic rings. The third kappa shape index (κ3) is 2.77. The summed E-state index contributed by atoms with van der Waals surface area (Å²) in [5.41, 5.74) is 0.808. The van der Waals surface area contributed by atoms with Crippen molar-refractivity contribution < 1.29 is 9.15 Å². The van der Waals surface area contributed by atoms with E-state index in [2.05, 4.69) is 10.2 Å². The van der Waals surface area contributed by atoms with Gasteiger partial charge in [0.15, 0.2) is 0 Å². The maximum absolute atomic E-state index is 5.62. The Morgan fingerprint density at radius 1 is 1.29 bits per heavy atom. The SMILES string of the molecule is CCOc1ccccc1-c1nnc(CCCl)o1. The molecule has 0 radical (unpaired) electrons. The van der Waals surface area contributed by atoms with Crippen molar-refractivity contribution in [2.45, 2.75) is 13.3 Å². The number of hydrogen-bond donors (Lipinski definition) is 0. The Labute approximate surface area is 105 Å². The number of para-hydroxylation sites is 1. The summed E-state index contributed by atoms with van der Waals surface area (Å²) >= 11 is 5.62. The zero-order valence-corrected chi connectivity index (χ0v) is 10.3. The summed E-state index contributed by atoms with van der Waals surface area (Å²) in [5.74, 6) is 2.22. The molecule has 1 aromatic heterocycles. The first kappa shape index (κ1) is 11.9. The molecule has 0 bridgehead atoms. The fraction of sp³-hybridized carbons (Fsp3) is 0.333. The molecule has 5 heteroatoms. The van der Waals surface area contributed by atoms with Crippen LogP contribution in [0, 0.1) is 0 Å². The number of aromatic nitrogens is 2. The van der Waals surface area contributed by atoms with Crippen LogP contribution in [0.2, 0.25) is 0 Å². The lowest BCUT2D eigenvalue weighted by Gasteiger charge is -2.05. The minimum atomic E-state index is 0.467. The van der Waals surface area contributed by atoms with Gasteiger partial charge in [-0.1, -0.05) is 12.1 Å². The van der Waals surface area contributed by atoms with Gasteiger partial charge in [-0.15, -0.1) is 21.8 Å². The number of aryl methyl sites for hydroxylation is 1. The molecule has 0 N–H and O–H groups in total. The average molecular weight is 253 g/mol. The lowest BCUT2D eigenvalue weighted by atomic mass is 10.2. The van der Waals surface area contributed by atoms with Crippen LogP contribution in [0.1, 0.15) is 12.8 Å². The van der Waals surface area contributed by atoms with Crippen molar-refractivity contribution in [3.05, 3.63) is 30.2 Å². The predicted molar refractivity (Wildman–Crippen MR) is 65.3 cm³/mol. The molecule has 90 valence electrons. The molecule has 0 unspecified atom stereocenters. The van der Waals surface area contributed by atoms with Crippen molar-refractivity contribution in [3.8, 4) is 17.2 Å². The molecule has 4 nitrogen and oxygen atoms in total. The van der Waals surface area contributed by atoms with Crippen molar-refractivity contribution >= 4 is 11.6 Å². The van der Waals surface area contributed by atoms with Crippen LogP contribution in [0.25, 0.3) is 11.5 Å². The van der Waals surface area contributed by atoms with E-state index < -0.39 is 0 Å². The highest BCUT2D eigenvalue weighted by atomic mass is 35.5. The molecule has 0 aliphatic rings. The molecule has 1 aromatic carbocycles. The molecule has 0 saturated carbocycles. The number of alkyl halides is 1. The largest absolute Gasteiger partial charge is 0.493 e. The number of halogens is 1. The summed E-state index contributed by atoms with van der Waals surface area (Å²) in [4.78, 5) is 0. The van der Waals surface area contributed by atoms with Gasteiger partial charge in [-0.25, -0.2) is 0 Å². The molecule has 0 saturated heterocycles. The van der Waals surface area contributed by atoms with E-state index in [9.17, 15) is 0 Å². The zero-order chi connectivity index (χ0) is 12.1. The Bertz CT molecular complexity index is 485. The lowest BCUT2D eigenvalue weighted by molar-refractivity contribution is 0.340. The molecular weight excluding hydrogens is 240 g/mol. The van der Waals surface area contributed by atoms with Crippen molar-refractivity contribution in [2.24, 2.45) is 0 Å². The molecule has 0 amide bonds. The van der Waals surface area contributed by atoms with E-state index in [0.717, 1.165) is 11.3 Å². The Hall–Kier alpha value is -1.55. The summed E-state index contributed by atoms with van der Waals surface area (Å²) < 4.78 is 11.0. The van der Waals surface area contributed by atoms with Crippen LogP contribution in [-0.4, -0.2) is 22.7 Å². The molecule has 0 atom stereocenters. The van der Waals surface area contributed by atoms with Gasteiger partial charge in [0.2, 0.25) is 5.89 Å². The molecule has 1 heterocycles. The van der Waals surface area contributed by atoms with Gasteiger partial charge in [-0.3, -0.25) is 0 Å². The van der Waals surface area contributed by atoms with Crippen LogP contribution in [-0.2, 0) is 6.42 Å². The Morgan fingerprint density at radius 3 is 2.88 bits per heavy atom. The molecule has 0 spiro atoms. The van der Waals surface area contributed by atoms with Gasteiger partial charge >= 0.3 is 0 Å². The van der Waals surface area contributed by atoms with E-state index in [1.807, 2.05) is 31.2 Å². The highest BCUT2D eigenvalue weighted by Crippen LogP contribution is 2.28. The number of hydrogen-bond acceptors (Lipinski definition) is 4. The molecule has 0 fully saturated rings. The second-order valence-electron chi connectivity index (χ2n) is 3.37. The first-order valence-corrected chi connectivity index (χ1v) is 5.99. The van der Waals surface area contributed by atoms with Crippen LogP contribution >= 0.6 is 11.6 Å². The first-order chi connectivity index (χ1) is 8.35. The molecule has 0 aliphatic carbocycles. The van der Waals surface area contributed by atoms with Crippen LogP contribution in [0.15, 0.2) is 28.7 Å². The van der Waals surface area contributed by atoms with Gasteiger partial charge in [0.1, 0.15) is 5.75 Å². The number of rotatable bonds is 5. The third-order valence-electron chi connectivity index (χ3n) is 2.19. The number of ether oxygens (including phenoxy) is 1. The highest BCUT2D eigenvalue weighted by molar-refractivity contribution is 6.17. The molecule has 2 rings (SSSR count). The second kappa shape index (κ2) is 5.68. The summed E-state index contributed by atoms with van der Waals surface area (Å²) in [5, 5.41) is 7.92. The Morgan fingerprint density at radius 2 is 2.12 bits per heavy atom. The predicted octanol–water partition coefficient (Wildman–Crippen LogP) is 2.92. The van der Waals surface area contributed by atoms with E-state index in [4.69, 9.17) is 20.8 Å². The maximum Gasteiger partial charge on any atom is 0.251 e. The van der Waals surface area contributed by atoms with Gasteiger partial charge in [0, 0.05) is 12.3 Å². The highest BCUT2D eigenvalue weighted by Gasteiger charge is 2.12. The van der Waals surface area contributed by atoms with Crippen LogP contribution in [0.3, 0.4) is 0 Å². The quantitative estimate of drug-likeness (QED) is 0.768. The van der Waals surface area contributed by atoms with Crippen molar-refractivity contribution in [1.82, 2.24) is 10.2 Å². The summed E-state index contributed by atoms with van der Waals surface area (Å²) in [6, 6.07) is 7.58. The van der Waals surface area contributed by atoms with Crippen LogP contribution in [0.4, 0.5) is 0 Å². The van der Waals surface area contributed by atoms with E-state index >= 15 is 0 Å². The lowest BCUT2D eigenvalue weighted by Crippen LogP contribution is -1.93. The third-order valence-corrected chi connectivity index (χ3v) is 2.38. The summed E-state index contributed by atoms with van der Waals surface area (Å²) in [6.07, 6.45) is 0.575. The number of benzene rings is 1. The van der Waals surface area contributed by atoms with E-state index in [-0.39, 0.29) is 0 Å². The van der Waals surface area contributed by atoms with Gasteiger partial charge in [-0.05, 0) is 19.1 Å². The van der Waals surface area contributed by atoms with Crippen molar-refractivity contribution in [1.29, 1.82) is 0 Å². The fourth-order valence-corrected chi connectivity index (χ4v) is 1.63. The second-order valence-corrected chi connectivity index (χ2v) is 3.75. The monoisotopic (exact) mass is 252 g/mol. The first-order valence-electron chi connectivity index (χ1n) is 5.45. The smallest absolute Gasteiger partial charge is 0.251 e. The van der Waals surface area contributed by atoms with Gasteiger partial charge in [0.25, 0.3) is 5.89 Å². The topological polar surface area (TPSA) is 48.2 Å². The summed E-state index contributed by atoms with van der Waals surface area (Å²) in [6.45, 7) is 2.53. The van der Waals surface area contributed by atoms with Crippen LogP contribution in [0.5, 0.6) is 5.75 Å². The standard InChI is InChI=1S/C12H13ClN2O2/c1-2-16-10-6-4-3-5-9(10)12-15-14-11(17-12)7-8-13/h3-6H,2,7-8H2,1H3. The maximum atomic E-state index is 5.62. The normalized spacial score (nSPS) is 10.5. The van der Waals surface area contributed by atoms with Crippen LogP contribution < -0.4 is 4.74 Å². The zero-order valence-electron chi connectivity index (χ0n) is 9.52. The van der Waals surface area contributed by atoms with Gasteiger partial charge in [0.05, 0.1) is 12.2 Å². The van der Waals surface area contributed by atoms with E-state index in [1.165, 1.54) is 0 Å². The molecule has 17 heavy (non-hydrogen) atoms. The Balaban J connectivity index is 2.31. The molecular formula is C12H13ClN2O2. The van der Waals surface area contributed by atoms with Crippen molar-refractivity contribution in [2.75, 3.05) is 12.5 Å². The Kier molecular flexibility index (Phi) is 3.98. The number of nitrogens with zero attached hydrogens (tertiary/aromatic N) is 2. The summed E-state index contributed by atoms with van der Waals surface area (Å²) in [7, 11) is 0. The van der Waals surface area contributed by atoms with Crippen molar-refractivity contribution in [3.63, 3.8) is 0 Å². The average Bonchev–Trinajstić information content (AvgIpc) is 2.79. The fourth-order valence-electron chi connectivity index (χ4n) is 1.47. The van der Waals surface area contributed by atoms with Gasteiger partial charge < -0.3 is 9.15 Å².